The van der Waals surface area contributed by atoms with Crippen molar-refractivity contribution in [3.63, 3.8) is 0 Å². The molecular weight excluding hydrogens is 274 g/mol. The zero-order valence-corrected chi connectivity index (χ0v) is 12.1. The molecule has 20 heavy (non-hydrogen) atoms. The Bertz CT molecular complexity index is 583. The van der Waals surface area contributed by atoms with Gasteiger partial charge in [0, 0.05) is 12.4 Å². The molecule has 0 aliphatic heterocycles. The largest absolute Gasteiger partial charge is 0.490 e. The smallest absolute Gasteiger partial charge is 0.167 e. The predicted octanol–water partition coefficient (Wildman–Crippen LogP) is 1.99. The Balaban J connectivity index is 1.96. The summed E-state index contributed by atoms with van der Waals surface area (Å²) in [5, 5.41) is 0. The molecule has 0 atom stereocenters. The van der Waals surface area contributed by atoms with Gasteiger partial charge in [0.25, 0.3) is 0 Å². The van der Waals surface area contributed by atoms with Crippen molar-refractivity contribution in [2.45, 2.75) is 13.5 Å². The lowest BCUT2D eigenvalue weighted by Gasteiger charge is -2.12. The van der Waals surface area contributed by atoms with E-state index in [1.165, 1.54) is 0 Å². The van der Waals surface area contributed by atoms with Crippen LogP contribution in [0, 0.1) is 0 Å². The monoisotopic (exact) mass is 291 g/mol. The van der Waals surface area contributed by atoms with E-state index in [4.69, 9.17) is 27.4 Å². The fraction of sp³-hybridized carbons (Fsp3) is 0.286. The number of hydrogen-bond acceptors (Lipinski definition) is 4. The minimum Gasteiger partial charge on any atom is -0.490 e. The lowest BCUT2D eigenvalue weighted by atomic mass is 10.3. The number of nitrogens with zero attached hydrogens (tertiary/aromatic N) is 2. The molecule has 0 radical (unpaired) electrons. The van der Waals surface area contributed by atoms with Gasteiger partial charge in [0.05, 0.1) is 13.2 Å². The highest BCUT2D eigenvalue weighted by molar-refractivity contribution is 7.80. The highest BCUT2D eigenvalue weighted by Crippen LogP contribution is 2.26. The Hall–Kier alpha value is -2.08. The maximum atomic E-state index is 5.74. The van der Waals surface area contributed by atoms with Crippen LogP contribution in [0.25, 0.3) is 0 Å². The first-order valence-corrected chi connectivity index (χ1v) is 6.78. The number of ether oxygens (including phenoxy) is 2. The molecule has 1 aromatic heterocycles. The molecule has 1 heterocycles. The summed E-state index contributed by atoms with van der Waals surface area (Å²) < 4.78 is 13.1. The van der Waals surface area contributed by atoms with Crippen molar-refractivity contribution in [3.8, 4) is 11.5 Å². The van der Waals surface area contributed by atoms with Crippen LogP contribution in [0.5, 0.6) is 11.5 Å². The number of nitrogens with two attached hydrogens (primary N) is 1. The van der Waals surface area contributed by atoms with Crippen LogP contribution in [0.15, 0.2) is 36.7 Å². The molecule has 0 spiro atoms. The van der Waals surface area contributed by atoms with Gasteiger partial charge in [-0.05, 0) is 19.1 Å². The summed E-state index contributed by atoms with van der Waals surface area (Å²) in [5.41, 5.74) is 5.59. The predicted molar refractivity (Wildman–Crippen MR) is 81.2 cm³/mol. The van der Waals surface area contributed by atoms with Crippen molar-refractivity contribution in [1.82, 2.24) is 9.55 Å². The van der Waals surface area contributed by atoms with Gasteiger partial charge in [-0.1, -0.05) is 24.4 Å². The van der Waals surface area contributed by atoms with Crippen LogP contribution in [0.2, 0.25) is 0 Å². The molecule has 2 aromatic rings. The lowest BCUT2D eigenvalue weighted by Crippen LogP contribution is -2.19. The van der Waals surface area contributed by atoms with Gasteiger partial charge in [0.1, 0.15) is 11.6 Å². The highest BCUT2D eigenvalue weighted by Gasteiger charge is 2.07. The fourth-order valence-corrected chi connectivity index (χ4v) is 1.98. The molecule has 2 rings (SSSR count). The van der Waals surface area contributed by atoms with E-state index < -0.39 is 0 Å². The van der Waals surface area contributed by atoms with Crippen LogP contribution in [0.4, 0.5) is 0 Å². The molecule has 0 aliphatic carbocycles. The summed E-state index contributed by atoms with van der Waals surface area (Å²) in [6.07, 6.45) is 3.49. The highest BCUT2D eigenvalue weighted by atomic mass is 32.1. The number of thiocarbonyl (C=S) groups is 1. The summed E-state index contributed by atoms with van der Waals surface area (Å²) in [7, 11) is 0. The van der Waals surface area contributed by atoms with Gasteiger partial charge in [-0.2, -0.15) is 0 Å². The lowest BCUT2D eigenvalue weighted by molar-refractivity contribution is 0.266. The molecular formula is C14H17N3O2S. The molecule has 0 unspecified atom stereocenters. The van der Waals surface area contributed by atoms with Gasteiger partial charge in [-0.25, -0.2) is 4.98 Å². The van der Waals surface area contributed by atoms with E-state index in [9.17, 15) is 0 Å². The number of benzene rings is 1. The first-order valence-electron chi connectivity index (χ1n) is 6.38. The SMILES string of the molecule is CCOc1ccccc1OCCn1ccnc1C(N)=S. The van der Waals surface area contributed by atoms with E-state index in [0.29, 0.717) is 25.6 Å². The zero-order chi connectivity index (χ0) is 14.4. The third kappa shape index (κ3) is 3.48. The summed E-state index contributed by atoms with van der Waals surface area (Å²) in [5.74, 6) is 2.07. The van der Waals surface area contributed by atoms with E-state index >= 15 is 0 Å². The first-order chi connectivity index (χ1) is 9.72. The van der Waals surface area contributed by atoms with Crippen molar-refractivity contribution in [2.24, 2.45) is 5.73 Å². The van der Waals surface area contributed by atoms with Crippen LogP contribution in [0.3, 0.4) is 0 Å². The van der Waals surface area contributed by atoms with E-state index in [0.717, 1.165) is 11.5 Å². The molecule has 5 nitrogen and oxygen atoms in total. The van der Waals surface area contributed by atoms with Crippen LogP contribution in [-0.4, -0.2) is 27.8 Å². The molecule has 0 saturated carbocycles. The minimum atomic E-state index is 0.282. The van der Waals surface area contributed by atoms with E-state index in [1.54, 1.807) is 6.20 Å². The average molecular weight is 291 g/mol. The molecule has 1 aromatic carbocycles. The second kappa shape index (κ2) is 6.91. The second-order valence-electron chi connectivity index (χ2n) is 4.04. The van der Waals surface area contributed by atoms with Gasteiger partial charge in [-0.15, -0.1) is 0 Å². The van der Waals surface area contributed by atoms with Crippen LogP contribution < -0.4 is 15.2 Å². The van der Waals surface area contributed by atoms with Crippen molar-refractivity contribution in [1.29, 1.82) is 0 Å². The molecule has 2 N–H and O–H groups in total. The minimum absolute atomic E-state index is 0.282. The topological polar surface area (TPSA) is 62.3 Å². The standard InChI is InChI=1S/C14H17N3O2S/c1-2-18-11-5-3-4-6-12(11)19-10-9-17-8-7-16-14(17)13(15)20/h3-8H,2,9-10H2,1H3,(H2,15,20). The van der Waals surface area contributed by atoms with Crippen molar-refractivity contribution >= 4 is 17.2 Å². The summed E-state index contributed by atoms with van der Waals surface area (Å²) in [6, 6.07) is 7.60. The molecule has 106 valence electrons. The zero-order valence-electron chi connectivity index (χ0n) is 11.3. The Morgan fingerprint density at radius 3 is 2.65 bits per heavy atom. The number of hydrogen-bond donors (Lipinski definition) is 1. The van der Waals surface area contributed by atoms with Crippen molar-refractivity contribution in [2.75, 3.05) is 13.2 Å². The molecule has 6 heteroatoms. The number of para-hydroxylation sites is 2. The average Bonchev–Trinajstić information content (AvgIpc) is 2.90. The summed E-state index contributed by atoms with van der Waals surface area (Å²) >= 11 is 4.94. The molecule has 0 aliphatic rings. The van der Waals surface area contributed by atoms with E-state index in [2.05, 4.69) is 4.98 Å². The number of imidazole rings is 1. The summed E-state index contributed by atoms with van der Waals surface area (Å²) in [4.78, 5) is 4.39. The van der Waals surface area contributed by atoms with Gasteiger partial charge in [0.2, 0.25) is 0 Å². The van der Waals surface area contributed by atoms with Gasteiger partial charge in [-0.3, -0.25) is 0 Å². The first kappa shape index (κ1) is 14.3. The van der Waals surface area contributed by atoms with Gasteiger partial charge in [0.15, 0.2) is 17.3 Å². The van der Waals surface area contributed by atoms with Crippen LogP contribution in [-0.2, 0) is 6.54 Å². The molecule has 0 amide bonds. The molecule has 0 bridgehead atoms. The number of aromatic nitrogens is 2. The number of rotatable bonds is 7. The molecule has 0 fully saturated rings. The normalized spacial score (nSPS) is 10.2. The van der Waals surface area contributed by atoms with Crippen LogP contribution >= 0.6 is 12.2 Å². The van der Waals surface area contributed by atoms with Crippen LogP contribution in [0.1, 0.15) is 12.7 Å². The molecule has 0 saturated heterocycles. The third-order valence-electron chi connectivity index (χ3n) is 2.67. The quantitative estimate of drug-likeness (QED) is 0.791. The Kier molecular flexibility index (Phi) is 4.95. The van der Waals surface area contributed by atoms with Gasteiger partial charge >= 0.3 is 0 Å². The fourth-order valence-electron chi connectivity index (χ4n) is 1.81. The summed E-state index contributed by atoms with van der Waals surface area (Å²) in [6.45, 7) is 3.65. The third-order valence-corrected chi connectivity index (χ3v) is 2.86. The maximum absolute atomic E-state index is 5.74. The maximum Gasteiger partial charge on any atom is 0.167 e. The Morgan fingerprint density at radius 2 is 2.00 bits per heavy atom. The van der Waals surface area contributed by atoms with E-state index in [-0.39, 0.29) is 4.99 Å². The Morgan fingerprint density at radius 1 is 1.30 bits per heavy atom. The van der Waals surface area contributed by atoms with Crippen molar-refractivity contribution < 1.29 is 9.47 Å². The van der Waals surface area contributed by atoms with Gasteiger partial charge < -0.3 is 19.8 Å². The van der Waals surface area contributed by atoms with E-state index in [1.807, 2.05) is 42.0 Å². The second-order valence-corrected chi connectivity index (χ2v) is 4.48. The van der Waals surface area contributed by atoms with Crippen molar-refractivity contribution in [3.05, 3.63) is 42.5 Å². The Labute approximate surface area is 123 Å².